The first-order valence-electron chi connectivity index (χ1n) is 4.59. The number of aliphatic hydroxyl groups is 1. The van der Waals surface area contributed by atoms with Crippen LogP contribution >= 0.6 is 0 Å². The molecule has 0 fully saturated rings. The van der Waals surface area contributed by atoms with Gasteiger partial charge in [0.15, 0.2) is 6.10 Å². The molecule has 1 aromatic heterocycles. The number of fused-ring (bicyclic) bond motifs is 1. The zero-order chi connectivity index (χ0) is 11.8. The van der Waals surface area contributed by atoms with Gasteiger partial charge in [0.25, 0.3) is 0 Å². The average Bonchev–Trinajstić information content (AvgIpc) is 2.26. The summed E-state index contributed by atoms with van der Waals surface area (Å²) in [5, 5.41) is 9.77. The molecule has 0 radical (unpaired) electrons. The smallest absolute Gasteiger partial charge is 0.378 e. The number of halogens is 3. The largest absolute Gasteiger partial charge is 0.420 e. The van der Waals surface area contributed by atoms with E-state index in [4.69, 9.17) is 5.11 Å². The van der Waals surface area contributed by atoms with E-state index >= 15 is 0 Å². The lowest BCUT2D eigenvalue weighted by Crippen LogP contribution is -2.21. The molecule has 1 heterocycles. The van der Waals surface area contributed by atoms with Crippen LogP contribution in [0.3, 0.4) is 0 Å². The quantitative estimate of drug-likeness (QED) is 0.812. The minimum absolute atomic E-state index is 0.383. The molecule has 0 aliphatic carbocycles. The molecule has 0 bridgehead atoms. The first kappa shape index (κ1) is 10.9. The highest BCUT2D eigenvalue weighted by molar-refractivity contribution is 5.78. The van der Waals surface area contributed by atoms with Crippen molar-refractivity contribution in [2.75, 3.05) is 0 Å². The fourth-order valence-corrected chi connectivity index (χ4v) is 1.40. The number of rotatable bonds is 1. The summed E-state index contributed by atoms with van der Waals surface area (Å²) in [5.74, 6) is 0. The standard InChI is InChI=1S/C11H8F3NO/c12-11(13,14)10(16)9-6-5-7-3-1-2-4-8(7)15-9/h1-6,10,16H/t10-/m1/s1. The Morgan fingerprint density at radius 1 is 1.06 bits per heavy atom. The minimum Gasteiger partial charge on any atom is -0.378 e. The van der Waals surface area contributed by atoms with Crippen LogP contribution in [-0.2, 0) is 0 Å². The van der Waals surface area contributed by atoms with Gasteiger partial charge in [0.1, 0.15) is 0 Å². The zero-order valence-corrected chi connectivity index (χ0v) is 8.07. The van der Waals surface area contributed by atoms with Gasteiger partial charge < -0.3 is 5.11 Å². The number of para-hydroxylation sites is 1. The molecule has 2 nitrogen and oxygen atoms in total. The first-order chi connectivity index (χ1) is 7.48. The molecule has 0 amide bonds. The maximum absolute atomic E-state index is 12.2. The molecule has 0 aliphatic heterocycles. The number of alkyl halides is 3. The molecule has 16 heavy (non-hydrogen) atoms. The Labute approximate surface area is 89.4 Å². The summed E-state index contributed by atoms with van der Waals surface area (Å²) < 4.78 is 36.7. The van der Waals surface area contributed by atoms with Gasteiger partial charge in [0.2, 0.25) is 0 Å². The number of hydrogen-bond acceptors (Lipinski definition) is 2. The molecule has 1 atom stereocenters. The second-order valence-electron chi connectivity index (χ2n) is 3.37. The molecular weight excluding hydrogens is 219 g/mol. The van der Waals surface area contributed by atoms with E-state index in [0.29, 0.717) is 5.52 Å². The molecule has 0 spiro atoms. The van der Waals surface area contributed by atoms with Crippen molar-refractivity contribution < 1.29 is 18.3 Å². The van der Waals surface area contributed by atoms with Gasteiger partial charge in [0.05, 0.1) is 11.2 Å². The Morgan fingerprint density at radius 2 is 1.75 bits per heavy atom. The third kappa shape index (κ3) is 1.99. The van der Waals surface area contributed by atoms with Crippen LogP contribution in [0.5, 0.6) is 0 Å². The summed E-state index contributed by atoms with van der Waals surface area (Å²) in [6, 6.07) is 9.48. The predicted octanol–water partition coefficient (Wildman–Crippen LogP) is 2.83. The summed E-state index contributed by atoms with van der Waals surface area (Å²) >= 11 is 0. The number of pyridine rings is 1. The van der Waals surface area contributed by atoms with Crippen LogP contribution in [0, 0.1) is 0 Å². The molecule has 1 N–H and O–H groups in total. The fraction of sp³-hybridized carbons (Fsp3) is 0.182. The topological polar surface area (TPSA) is 33.1 Å². The van der Waals surface area contributed by atoms with Crippen LogP contribution in [0.15, 0.2) is 36.4 Å². The highest BCUT2D eigenvalue weighted by Crippen LogP contribution is 2.31. The lowest BCUT2D eigenvalue weighted by Gasteiger charge is -2.14. The van der Waals surface area contributed by atoms with Crippen LogP contribution in [0.1, 0.15) is 11.8 Å². The molecule has 84 valence electrons. The van der Waals surface area contributed by atoms with Crippen LogP contribution in [0.2, 0.25) is 0 Å². The lowest BCUT2D eigenvalue weighted by molar-refractivity contribution is -0.207. The van der Waals surface area contributed by atoms with E-state index in [1.165, 1.54) is 12.1 Å². The van der Waals surface area contributed by atoms with Crippen molar-refractivity contribution >= 4 is 10.9 Å². The number of hydrogen-bond donors (Lipinski definition) is 1. The zero-order valence-electron chi connectivity index (χ0n) is 8.07. The van der Waals surface area contributed by atoms with Gasteiger partial charge in [0, 0.05) is 5.39 Å². The highest BCUT2D eigenvalue weighted by atomic mass is 19.4. The Morgan fingerprint density at radius 3 is 2.44 bits per heavy atom. The second kappa shape index (κ2) is 3.75. The van der Waals surface area contributed by atoms with Gasteiger partial charge in [-0.3, -0.25) is 0 Å². The number of aliphatic hydroxyl groups excluding tert-OH is 1. The molecule has 2 aromatic rings. The van der Waals surface area contributed by atoms with Crippen molar-refractivity contribution in [3.05, 3.63) is 42.1 Å². The van der Waals surface area contributed by atoms with E-state index in [-0.39, 0.29) is 5.69 Å². The molecule has 0 saturated heterocycles. The van der Waals surface area contributed by atoms with Crippen molar-refractivity contribution in [1.29, 1.82) is 0 Å². The van der Waals surface area contributed by atoms with Gasteiger partial charge in [-0.2, -0.15) is 13.2 Å². The lowest BCUT2D eigenvalue weighted by atomic mass is 10.1. The van der Waals surface area contributed by atoms with E-state index in [1.807, 2.05) is 0 Å². The van der Waals surface area contributed by atoms with Gasteiger partial charge in [-0.1, -0.05) is 24.3 Å². The van der Waals surface area contributed by atoms with Gasteiger partial charge in [-0.25, -0.2) is 4.98 Å². The van der Waals surface area contributed by atoms with Crippen LogP contribution in [0.25, 0.3) is 10.9 Å². The Kier molecular flexibility index (Phi) is 2.55. The third-order valence-electron chi connectivity index (χ3n) is 2.21. The predicted molar refractivity (Wildman–Crippen MR) is 52.8 cm³/mol. The van der Waals surface area contributed by atoms with Gasteiger partial charge >= 0.3 is 6.18 Å². The molecule has 5 heteroatoms. The third-order valence-corrected chi connectivity index (χ3v) is 2.21. The van der Waals surface area contributed by atoms with Crippen LogP contribution in [-0.4, -0.2) is 16.3 Å². The van der Waals surface area contributed by atoms with E-state index in [0.717, 1.165) is 5.39 Å². The Balaban J connectivity index is 2.47. The second-order valence-corrected chi connectivity index (χ2v) is 3.37. The number of aromatic nitrogens is 1. The van der Waals surface area contributed by atoms with E-state index in [2.05, 4.69) is 4.98 Å². The van der Waals surface area contributed by atoms with Crippen molar-refractivity contribution in [2.24, 2.45) is 0 Å². The van der Waals surface area contributed by atoms with Crippen LogP contribution in [0.4, 0.5) is 13.2 Å². The fourth-order valence-electron chi connectivity index (χ4n) is 1.40. The maximum Gasteiger partial charge on any atom is 0.420 e. The average molecular weight is 227 g/mol. The summed E-state index contributed by atoms with van der Waals surface area (Å²) in [4.78, 5) is 3.77. The highest BCUT2D eigenvalue weighted by Gasteiger charge is 2.40. The molecular formula is C11H8F3NO. The van der Waals surface area contributed by atoms with Crippen molar-refractivity contribution in [2.45, 2.75) is 12.3 Å². The SMILES string of the molecule is O[C@H](c1ccc2ccccc2n1)C(F)(F)F. The van der Waals surface area contributed by atoms with Crippen molar-refractivity contribution in [1.82, 2.24) is 4.98 Å². The molecule has 2 rings (SSSR count). The molecule has 1 aromatic carbocycles. The van der Waals surface area contributed by atoms with E-state index in [1.54, 1.807) is 24.3 Å². The summed E-state index contributed by atoms with van der Waals surface area (Å²) in [5.41, 5.74) is 0.0505. The van der Waals surface area contributed by atoms with Crippen molar-refractivity contribution in [3.8, 4) is 0 Å². The van der Waals surface area contributed by atoms with E-state index < -0.39 is 12.3 Å². The summed E-state index contributed by atoms with van der Waals surface area (Å²) in [6.07, 6.45) is -7.22. The number of nitrogens with zero attached hydrogens (tertiary/aromatic N) is 1. The first-order valence-corrected chi connectivity index (χ1v) is 4.59. The molecule has 0 unspecified atom stereocenters. The normalized spacial score (nSPS) is 14.0. The molecule has 0 aliphatic rings. The van der Waals surface area contributed by atoms with Crippen molar-refractivity contribution in [3.63, 3.8) is 0 Å². The minimum atomic E-state index is -4.69. The molecule has 0 saturated carbocycles. The van der Waals surface area contributed by atoms with Crippen LogP contribution < -0.4 is 0 Å². The summed E-state index contributed by atoms with van der Waals surface area (Å²) in [7, 11) is 0. The monoisotopic (exact) mass is 227 g/mol. The summed E-state index contributed by atoms with van der Waals surface area (Å²) in [6.45, 7) is 0. The Hall–Kier alpha value is -1.62. The van der Waals surface area contributed by atoms with E-state index in [9.17, 15) is 13.2 Å². The maximum atomic E-state index is 12.2. The van der Waals surface area contributed by atoms with Gasteiger partial charge in [-0.05, 0) is 12.1 Å². The number of benzene rings is 1. The Bertz CT molecular complexity index is 510. The van der Waals surface area contributed by atoms with Gasteiger partial charge in [-0.15, -0.1) is 0 Å².